The molecule has 3 heteroatoms. The molecule has 2 heterocycles. The van der Waals surface area contributed by atoms with Crippen molar-refractivity contribution >= 4 is 0 Å². The fraction of sp³-hybridized carbons (Fsp3) is 1.00. The smallest absolute Gasteiger partial charge is 0.0612 e. The van der Waals surface area contributed by atoms with Crippen molar-refractivity contribution in [2.45, 2.75) is 71.6 Å². The molecule has 3 unspecified atom stereocenters. The molecule has 2 saturated heterocycles. The van der Waals surface area contributed by atoms with Crippen LogP contribution in [0.1, 0.15) is 53.4 Å². The Labute approximate surface area is 125 Å². The lowest BCUT2D eigenvalue weighted by Gasteiger charge is -2.36. The molecule has 0 radical (unpaired) electrons. The molecule has 2 rings (SSSR count). The highest BCUT2D eigenvalue weighted by Gasteiger charge is 2.28. The number of likely N-dealkylation sites (tertiary alicyclic amines) is 1. The van der Waals surface area contributed by atoms with E-state index in [9.17, 15) is 0 Å². The Hall–Kier alpha value is -0.120. The second-order valence-corrected chi connectivity index (χ2v) is 7.34. The summed E-state index contributed by atoms with van der Waals surface area (Å²) in [7, 11) is 0. The molecular formula is C17H34N2O. The predicted molar refractivity (Wildman–Crippen MR) is 85.0 cm³/mol. The lowest BCUT2D eigenvalue weighted by molar-refractivity contribution is -0.0254. The first kappa shape index (κ1) is 16.3. The standard InChI is InChI=1S/C17H34N2O/c1-13(2)16(19-8-5-6-9-19)12-18-15-7-10-20-17(11-15)14(3)4/h13-18H,5-12H2,1-4H3. The van der Waals surface area contributed by atoms with Gasteiger partial charge in [-0.25, -0.2) is 0 Å². The average molecular weight is 282 g/mol. The maximum atomic E-state index is 5.87. The Balaban J connectivity index is 1.79. The minimum Gasteiger partial charge on any atom is -0.378 e. The molecule has 3 atom stereocenters. The summed E-state index contributed by atoms with van der Waals surface area (Å²) < 4.78 is 5.87. The molecule has 1 N–H and O–H groups in total. The third kappa shape index (κ3) is 4.44. The highest BCUT2D eigenvalue weighted by Crippen LogP contribution is 2.21. The molecule has 0 aliphatic carbocycles. The van der Waals surface area contributed by atoms with Crippen LogP contribution in [0.25, 0.3) is 0 Å². The zero-order valence-electron chi connectivity index (χ0n) is 13.9. The van der Waals surface area contributed by atoms with E-state index in [1.165, 1.54) is 38.8 Å². The molecule has 0 bridgehead atoms. The van der Waals surface area contributed by atoms with E-state index in [1.54, 1.807) is 0 Å². The van der Waals surface area contributed by atoms with Crippen molar-refractivity contribution < 1.29 is 4.74 Å². The van der Waals surface area contributed by atoms with Gasteiger partial charge in [-0.3, -0.25) is 4.90 Å². The summed E-state index contributed by atoms with van der Waals surface area (Å²) >= 11 is 0. The van der Waals surface area contributed by atoms with Gasteiger partial charge in [0.2, 0.25) is 0 Å². The summed E-state index contributed by atoms with van der Waals surface area (Å²) in [5.74, 6) is 1.38. The van der Waals surface area contributed by atoms with Crippen LogP contribution in [0.15, 0.2) is 0 Å². The number of nitrogens with zero attached hydrogens (tertiary/aromatic N) is 1. The molecule has 0 spiro atoms. The van der Waals surface area contributed by atoms with Gasteiger partial charge in [-0.15, -0.1) is 0 Å². The normalized spacial score (nSPS) is 30.3. The Morgan fingerprint density at radius 2 is 1.85 bits per heavy atom. The first-order valence-corrected chi connectivity index (χ1v) is 8.67. The highest BCUT2D eigenvalue weighted by molar-refractivity contribution is 4.84. The lowest BCUT2D eigenvalue weighted by atomic mass is 9.94. The quantitative estimate of drug-likeness (QED) is 0.811. The van der Waals surface area contributed by atoms with Crippen LogP contribution >= 0.6 is 0 Å². The maximum Gasteiger partial charge on any atom is 0.0612 e. The van der Waals surface area contributed by atoms with Gasteiger partial charge in [0.25, 0.3) is 0 Å². The van der Waals surface area contributed by atoms with Crippen molar-refractivity contribution in [2.24, 2.45) is 11.8 Å². The molecule has 0 aromatic rings. The fourth-order valence-corrected chi connectivity index (χ4v) is 3.63. The van der Waals surface area contributed by atoms with Crippen LogP contribution < -0.4 is 5.32 Å². The van der Waals surface area contributed by atoms with Gasteiger partial charge < -0.3 is 10.1 Å². The third-order valence-electron chi connectivity index (χ3n) is 5.05. The van der Waals surface area contributed by atoms with Gasteiger partial charge in [0.1, 0.15) is 0 Å². The lowest BCUT2D eigenvalue weighted by Crippen LogP contribution is -2.49. The van der Waals surface area contributed by atoms with Crippen molar-refractivity contribution in [2.75, 3.05) is 26.2 Å². The van der Waals surface area contributed by atoms with Gasteiger partial charge in [0, 0.05) is 25.2 Å². The van der Waals surface area contributed by atoms with E-state index in [2.05, 4.69) is 37.9 Å². The number of rotatable bonds is 6. The summed E-state index contributed by atoms with van der Waals surface area (Å²) in [6, 6.07) is 1.36. The molecule has 0 aromatic heterocycles. The maximum absolute atomic E-state index is 5.87. The first-order valence-electron chi connectivity index (χ1n) is 8.67. The van der Waals surface area contributed by atoms with E-state index < -0.39 is 0 Å². The molecule has 0 amide bonds. The van der Waals surface area contributed by atoms with Crippen LogP contribution in [-0.4, -0.2) is 49.3 Å². The zero-order valence-corrected chi connectivity index (χ0v) is 13.9. The Bertz CT molecular complexity index is 274. The molecule has 0 aromatic carbocycles. The van der Waals surface area contributed by atoms with Gasteiger partial charge >= 0.3 is 0 Å². The first-order chi connectivity index (χ1) is 9.58. The molecule has 0 saturated carbocycles. The summed E-state index contributed by atoms with van der Waals surface area (Å²) in [5, 5.41) is 3.84. The Kier molecular flexibility index (Phi) is 6.31. The summed E-state index contributed by atoms with van der Waals surface area (Å²) in [6.45, 7) is 13.9. The molecule has 118 valence electrons. The summed E-state index contributed by atoms with van der Waals surface area (Å²) in [5.41, 5.74) is 0. The van der Waals surface area contributed by atoms with Crippen LogP contribution in [0.5, 0.6) is 0 Å². The van der Waals surface area contributed by atoms with Gasteiger partial charge in [-0.2, -0.15) is 0 Å². The van der Waals surface area contributed by atoms with E-state index >= 15 is 0 Å². The van der Waals surface area contributed by atoms with Crippen LogP contribution in [0.2, 0.25) is 0 Å². The van der Waals surface area contributed by atoms with Crippen molar-refractivity contribution in [3.05, 3.63) is 0 Å². The van der Waals surface area contributed by atoms with Crippen molar-refractivity contribution in [3.8, 4) is 0 Å². The zero-order chi connectivity index (χ0) is 14.5. The minimum atomic E-state index is 0.450. The highest BCUT2D eigenvalue weighted by atomic mass is 16.5. The molecule has 2 aliphatic heterocycles. The van der Waals surface area contributed by atoms with Gasteiger partial charge in [-0.1, -0.05) is 27.7 Å². The molecule has 3 nitrogen and oxygen atoms in total. The molecule has 2 aliphatic rings. The summed E-state index contributed by atoms with van der Waals surface area (Å²) in [4.78, 5) is 2.69. The average Bonchev–Trinajstić information content (AvgIpc) is 2.93. The number of ether oxygens (including phenoxy) is 1. The predicted octanol–water partition coefficient (Wildman–Crippen LogP) is 2.90. The van der Waals surface area contributed by atoms with E-state index in [1.807, 2.05) is 0 Å². The second kappa shape index (κ2) is 7.77. The van der Waals surface area contributed by atoms with Crippen LogP contribution in [-0.2, 0) is 4.74 Å². The van der Waals surface area contributed by atoms with Gasteiger partial charge in [0.05, 0.1) is 6.10 Å². The van der Waals surface area contributed by atoms with E-state index in [0.29, 0.717) is 24.1 Å². The van der Waals surface area contributed by atoms with Crippen molar-refractivity contribution in [1.82, 2.24) is 10.2 Å². The van der Waals surface area contributed by atoms with Crippen LogP contribution in [0, 0.1) is 11.8 Å². The summed E-state index contributed by atoms with van der Waals surface area (Å²) in [6.07, 6.45) is 5.58. The Morgan fingerprint density at radius 1 is 1.15 bits per heavy atom. The molecular weight excluding hydrogens is 248 g/mol. The van der Waals surface area contributed by atoms with Crippen LogP contribution in [0.4, 0.5) is 0 Å². The van der Waals surface area contributed by atoms with Crippen LogP contribution in [0.3, 0.4) is 0 Å². The SMILES string of the molecule is CC(C)C1CC(NCC(C(C)C)N2CCCC2)CCO1. The minimum absolute atomic E-state index is 0.450. The number of hydrogen-bond acceptors (Lipinski definition) is 3. The topological polar surface area (TPSA) is 24.5 Å². The van der Waals surface area contributed by atoms with E-state index in [4.69, 9.17) is 4.74 Å². The third-order valence-corrected chi connectivity index (χ3v) is 5.05. The van der Waals surface area contributed by atoms with Crippen molar-refractivity contribution in [3.63, 3.8) is 0 Å². The monoisotopic (exact) mass is 282 g/mol. The fourth-order valence-electron chi connectivity index (χ4n) is 3.63. The number of hydrogen-bond donors (Lipinski definition) is 1. The second-order valence-electron chi connectivity index (χ2n) is 7.34. The largest absolute Gasteiger partial charge is 0.378 e. The van der Waals surface area contributed by atoms with Gasteiger partial charge in [-0.05, 0) is 50.6 Å². The van der Waals surface area contributed by atoms with Gasteiger partial charge in [0.15, 0.2) is 0 Å². The van der Waals surface area contributed by atoms with E-state index in [0.717, 1.165) is 19.1 Å². The van der Waals surface area contributed by atoms with E-state index in [-0.39, 0.29) is 0 Å². The number of nitrogens with one attached hydrogen (secondary N) is 1. The molecule has 20 heavy (non-hydrogen) atoms. The molecule has 2 fully saturated rings. The Morgan fingerprint density at radius 3 is 2.45 bits per heavy atom. The van der Waals surface area contributed by atoms with Crippen molar-refractivity contribution in [1.29, 1.82) is 0 Å².